The molecule has 0 radical (unpaired) electrons. The number of carbonyl (C=O) groups excluding carboxylic acids is 2. The number of aromatic nitrogens is 3. The van der Waals surface area contributed by atoms with Crippen LogP contribution in [0.25, 0.3) is 0 Å². The van der Waals surface area contributed by atoms with Crippen LogP contribution in [-0.2, 0) is 23.2 Å². The molecule has 0 aliphatic carbocycles. The lowest BCUT2D eigenvalue weighted by atomic mass is 10.1. The van der Waals surface area contributed by atoms with Gasteiger partial charge >= 0.3 is 0 Å². The number of hydrogen-bond acceptors (Lipinski definition) is 6. The van der Waals surface area contributed by atoms with Gasteiger partial charge in [0.1, 0.15) is 5.75 Å². The van der Waals surface area contributed by atoms with Crippen molar-refractivity contribution < 1.29 is 14.3 Å². The molecule has 1 aromatic heterocycles. The average molecular weight is 546 g/mol. The van der Waals surface area contributed by atoms with Gasteiger partial charge in [0.15, 0.2) is 17.6 Å². The Morgan fingerprint density at radius 2 is 1.68 bits per heavy atom. The number of anilines is 1. The minimum atomic E-state index is -0.250. The standard InChI is InChI=1S/C24H28BrN5O3S/c1-14-7-6-8-15(2)23(14)33-12-20(31)26-11-19-28-29-24(30(19)5)34-13-21(32)27-22-16(3)9-18(25)10-17(22)4/h6-10H,11-13H2,1-5H3,(H,26,31)(H,27,32). The second-order valence-electron chi connectivity index (χ2n) is 8.00. The Labute approximate surface area is 212 Å². The lowest BCUT2D eigenvalue weighted by molar-refractivity contribution is -0.123. The van der Waals surface area contributed by atoms with Crippen molar-refractivity contribution in [3.8, 4) is 5.75 Å². The number of nitrogens with zero attached hydrogens (tertiary/aromatic N) is 3. The molecule has 180 valence electrons. The predicted molar refractivity (Wildman–Crippen MR) is 137 cm³/mol. The topological polar surface area (TPSA) is 98.1 Å². The molecule has 34 heavy (non-hydrogen) atoms. The van der Waals surface area contributed by atoms with E-state index in [0.29, 0.717) is 11.0 Å². The van der Waals surface area contributed by atoms with Crippen molar-refractivity contribution in [1.82, 2.24) is 20.1 Å². The highest BCUT2D eigenvalue weighted by Gasteiger charge is 2.14. The summed E-state index contributed by atoms with van der Waals surface area (Å²) >= 11 is 4.75. The number of amides is 2. The van der Waals surface area contributed by atoms with Crippen molar-refractivity contribution in [2.45, 2.75) is 39.4 Å². The number of rotatable bonds is 9. The van der Waals surface area contributed by atoms with Gasteiger partial charge in [0.05, 0.1) is 12.3 Å². The maximum absolute atomic E-state index is 12.5. The number of aryl methyl sites for hydroxylation is 4. The number of thioether (sulfide) groups is 1. The normalized spacial score (nSPS) is 10.8. The predicted octanol–water partition coefficient (Wildman–Crippen LogP) is 4.24. The minimum Gasteiger partial charge on any atom is -0.483 e. The molecule has 0 bridgehead atoms. The monoisotopic (exact) mass is 545 g/mol. The number of hydrogen-bond donors (Lipinski definition) is 2. The van der Waals surface area contributed by atoms with E-state index in [1.165, 1.54) is 11.8 Å². The molecule has 8 nitrogen and oxygen atoms in total. The van der Waals surface area contributed by atoms with E-state index in [2.05, 4.69) is 36.8 Å². The van der Waals surface area contributed by atoms with Crippen molar-refractivity contribution >= 4 is 45.2 Å². The van der Waals surface area contributed by atoms with Gasteiger partial charge in [-0.3, -0.25) is 9.59 Å². The maximum atomic E-state index is 12.5. The third-order valence-electron chi connectivity index (χ3n) is 5.22. The van der Waals surface area contributed by atoms with Gasteiger partial charge in [-0.05, 0) is 62.1 Å². The first-order valence-electron chi connectivity index (χ1n) is 10.7. The van der Waals surface area contributed by atoms with Crippen LogP contribution in [0.1, 0.15) is 28.1 Å². The number of halogens is 1. The fourth-order valence-electron chi connectivity index (χ4n) is 3.43. The molecule has 1 heterocycles. The molecule has 0 spiro atoms. The molecule has 0 aliphatic rings. The van der Waals surface area contributed by atoms with Crippen molar-refractivity contribution in [3.63, 3.8) is 0 Å². The number of nitrogens with one attached hydrogen (secondary N) is 2. The molecule has 10 heteroatoms. The van der Waals surface area contributed by atoms with Gasteiger partial charge in [0, 0.05) is 17.2 Å². The van der Waals surface area contributed by atoms with Crippen LogP contribution in [0.2, 0.25) is 0 Å². The zero-order valence-corrected chi connectivity index (χ0v) is 22.3. The van der Waals surface area contributed by atoms with E-state index < -0.39 is 0 Å². The smallest absolute Gasteiger partial charge is 0.258 e. The van der Waals surface area contributed by atoms with Crippen LogP contribution in [-0.4, -0.2) is 38.9 Å². The first kappa shape index (κ1) is 25.8. The van der Waals surface area contributed by atoms with Crippen LogP contribution < -0.4 is 15.4 Å². The number of carbonyl (C=O) groups is 2. The second kappa shape index (κ2) is 11.5. The van der Waals surface area contributed by atoms with Gasteiger partial charge < -0.3 is 19.9 Å². The molecular weight excluding hydrogens is 518 g/mol. The molecule has 2 aromatic carbocycles. The molecule has 2 amide bonds. The van der Waals surface area contributed by atoms with E-state index in [0.717, 1.165) is 38.2 Å². The highest BCUT2D eigenvalue weighted by atomic mass is 79.9. The molecule has 0 atom stereocenters. The molecule has 3 rings (SSSR count). The Morgan fingerprint density at radius 3 is 2.32 bits per heavy atom. The number of benzene rings is 2. The van der Waals surface area contributed by atoms with Gasteiger partial charge in [-0.15, -0.1) is 10.2 Å². The van der Waals surface area contributed by atoms with E-state index in [9.17, 15) is 9.59 Å². The van der Waals surface area contributed by atoms with Crippen LogP contribution in [0.15, 0.2) is 40.0 Å². The lowest BCUT2D eigenvalue weighted by Gasteiger charge is -2.12. The number of ether oxygens (including phenoxy) is 1. The van der Waals surface area contributed by atoms with Crippen LogP contribution in [0.4, 0.5) is 5.69 Å². The summed E-state index contributed by atoms with van der Waals surface area (Å²) in [6.07, 6.45) is 0. The van der Waals surface area contributed by atoms with E-state index in [-0.39, 0.29) is 30.7 Å². The summed E-state index contributed by atoms with van der Waals surface area (Å²) in [5.41, 5.74) is 4.76. The lowest BCUT2D eigenvalue weighted by Crippen LogP contribution is -2.29. The maximum Gasteiger partial charge on any atom is 0.258 e. The second-order valence-corrected chi connectivity index (χ2v) is 9.85. The third kappa shape index (κ3) is 6.60. The largest absolute Gasteiger partial charge is 0.483 e. The highest BCUT2D eigenvalue weighted by Crippen LogP contribution is 2.26. The molecule has 0 saturated heterocycles. The van der Waals surface area contributed by atoms with Crippen molar-refractivity contribution in [2.75, 3.05) is 17.7 Å². The molecular formula is C24H28BrN5O3S. The summed E-state index contributed by atoms with van der Waals surface area (Å²) in [6, 6.07) is 9.77. The Morgan fingerprint density at radius 1 is 1.03 bits per heavy atom. The van der Waals surface area contributed by atoms with Crippen molar-refractivity contribution in [2.24, 2.45) is 7.05 Å². The van der Waals surface area contributed by atoms with E-state index in [1.807, 2.05) is 58.0 Å². The van der Waals surface area contributed by atoms with Gasteiger partial charge in [-0.1, -0.05) is 45.9 Å². The third-order valence-corrected chi connectivity index (χ3v) is 6.70. The van der Waals surface area contributed by atoms with Gasteiger partial charge in [0.2, 0.25) is 5.91 Å². The molecule has 0 fully saturated rings. The van der Waals surface area contributed by atoms with Crippen LogP contribution >= 0.6 is 27.7 Å². The van der Waals surface area contributed by atoms with Crippen molar-refractivity contribution in [3.05, 3.63) is 62.9 Å². The summed E-state index contributed by atoms with van der Waals surface area (Å²) in [4.78, 5) is 24.7. The molecule has 3 aromatic rings. The Kier molecular flexibility index (Phi) is 8.73. The van der Waals surface area contributed by atoms with E-state index in [4.69, 9.17) is 4.74 Å². The van der Waals surface area contributed by atoms with Gasteiger partial charge in [-0.25, -0.2) is 0 Å². The zero-order valence-electron chi connectivity index (χ0n) is 19.9. The van der Waals surface area contributed by atoms with Crippen LogP contribution in [0.5, 0.6) is 5.75 Å². The van der Waals surface area contributed by atoms with E-state index in [1.54, 1.807) is 11.6 Å². The summed E-state index contributed by atoms with van der Waals surface area (Å²) in [5, 5.41) is 14.6. The molecule has 0 unspecified atom stereocenters. The Hall–Kier alpha value is -2.85. The summed E-state index contributed by atoms with van der Waals surface area (Å²) < 4.78 is 8.43. The van der Waals surface area contributed by atoms with E-state index >= 15 is 0 Å². The Bertz CT molecular complexity index is 1170. The van der Waals surface area contributed by atoms with Gasteiger partial charge in [0.25, 0.3) is 5.91 Å². The SMILES string of the molecule is Cc1cc(Br)cc(C)c1NC(=O)CSc1nnc(CNC(=O)COc2c(C)cccc2C)n1C. The fraction of sp³-hybridized carbons (Fsp3) is 0.333. The minimum absolute atomic E-state index is 0.0831. The first-order chi connectivity index (χ1) is 16.2. The molecule has 0 saturated carbocycles. The average Bonchev–Trinajstić information content (AvgIpc) is 3.12. The highest BCUT2D eigenvalue weighted by molar-refractivity contribution is 9.10. The van der Waals surface area contributed by atoms with Crippen molar-refractivity contribution in [1.29, 1.82) is 0 Å². The fourth-order valence-corrected chi connectivity index (χ4v) is 4.85. The summed E-state index contributed by atoms with van der Waals surface area (Å²) in [7, 11) is 1.80. The number of para-hydroxylation sites is 1. The first-order valence-corrected chi connectivity index (χ1v) is 12.5. The molecule has 0 aliphatic heterocycles. The van der Waals surface area contributed by atoms with Crippen LogP contribution in [0, 0.1) is 27.7 Å². The van der Waals surface area contributed by atoms with Crippen LogP contribution in [0.3, 0.4) is 0 Å². The molecule has 2 N–H and O–H groups in total. The summed E-state index contributed by atoms with van der Waals surface area (Å²) in [5.74, 6) is 1.13. The zero-order chi connectivity index (χ0) is 24.8. The Balaban J connectivity index is 1.49. The summed E-state index contributed by atoms with van der Waals surface area (Å²) in [6.45, 7) is 7.93. The quantitative estimate of drug-likeness (QED) is 0.390. The van der Waals surface area contributed by atoms with Gasteiger partial charge in [-0.2, -0.15) is 0 Å².